The summed E-state index contributed by atoms with van der Waals surface area (Å²) in [7, 11) is 0. The van der Waals surface area contributed by atoms with E-state index in [2.05, 4.69) is 9.97 Å². The van der Waals surface area contributed by atoms with Gasteiger partial charge in [0.2, 0.25) is 0 Å². The third-order valence-corrected chi connectivity index (χ3v) is 7.68. The fourth-order valence-electron chi connectivity index (χ4n) is 5.71. The number of ether oxygens (including phenoxy) is 1. The molecule has 1 saturated carbocycles. The van der Waals surface area contributed by atoms with Crippen molar-refractivity contribution in [3.63, 3.8) is 0 Å². The van der Waals surface area contributed by atoms with Gasteiger partial charge in [0.15, 0.2) is 0 Å². The molecule has 1 aliphatic carbocycles. The van der Waals surface area contributed by atoms with E-state index in [1.165, 1.54) is 30.7 Å². The number of anilines is 1. The lowest BCUT2D eigenvalue weighted by Gasteiger charge is -2.41. The normalized spacial score (nSPS) is 22.1. The molecule has 7 nitrogen and oxygen atoms in total. The second-order valence-electron chi connectivity index (χ2n) is 9.96. The Balaban J connectivity index is 1.34. The van der Waals surface area contributed by atoms with Crippen molar-refractivity contribution < 1.29 is 27.1 Å². The maximum atomic E-state index is 15.3. The summed E-state index contributed by atoms with van der Waals surface area (Å²) in [5.74, 6) is -0.991. The molecule has 2 aliphatic heterocycles. The smallest absolute Gasteiger partial charge is 0.416 e. The predicted octanol–water partition coefficient (Wildman–Crippen LogP) is 4.75. The lowest BCUT2D eigenvalue weighted by Crippen LogP contribution is -2.49. The van der Waals surface area contributed by atoms with Crippen molar-refractivity contribution >= 4 is 28.3 Å². The molecular weight excluding hydrogens is 478 g/mol. The zero-order chi connectivity index (χ0) is 25.0. The molecule has 184 valence electrons. The summed E-state index contributed by atoms with van der Waals surface area (Å²) in [5.41, 5.74) is 6.61. The standard InChI is InChI=1S/C25H19F4N5O2/c26-15-7-16-17(34-11-31-9-18(34)22(30)32-16)6-14(15)23(35)33-10-24(3-4-24)8-20-21(33)13-2-1-12(25(27,28)29)5-19(13)36-20/h1-2,5-7,9,11,20-21H,3-4,8,10H2,(H2,30,32)/t20-,21-/m0/s1. The number of rotatable bonds is 1. The second kappa shape index (κ2) is 6.86. The van der Waals surface area contributed by atoms with Gasteiger partial charge in [-0.2, -0.15) is 13.2 Å². The Morgan fingerprint density at radius 1 is 1.17 bits per heavy atom. The van der Waals surface area contributed by atoms with Crippen molar-refractivity contribution in [2.45, 2.75) is 37.6 Å². The molecule has 4 aromatic rings. The number of halogens is 4. The van der Waals surface area contributed by atoms with Crippen LogP contribution in [0.25, 0.3) is 16.6 Å². The molecule has 36 heavy (non-hydrogen) atoms. The Morgan fingerprint density at radius 3 is 2.72 bits per heavy atom. The van der Waals surface area contributed by atoms with Gasteiger partial charge in [0.1, 0.15) is 29.0 Å². The van der Waals surface area contributed by atoms with Crippen molar-refractivity contribution in [1.29, 1.82) is 0 Å². The van der Waals surface area contributed by atoms with Crippen LogP contribution >= 0.6 is 0 Å². The summed E-state index contributed by atoms with van der Waals surface area (Å²) < 4.78 is 62.8. The minimum Gasteiger partial charge on any atom is -0.488 e. The minimum absolute atomic E-state index is 0.120. The van der Waals surface area contributed by atoms with Gasteiger partial charge in [-0.15, -0.1) is 0 Å². The van der Waals surface area contributed by atoms with E-state index >= 15 is 4.39 Å². The van der Waals surface area contributed by atoms with Gasteiger partial charge in [-0.3, -0.25) is 9.20 Å². The Hall–Kier alpha value is -3.89. The van der Waals surface area contributed by atoms with E-state index in [-0.39, 0.29) is 28.1 Å². The van der Waals surface area contributed by atoms with Crippen LogP contribution in [0.2, 0.25) is 0 Å². The Morgan fingerprint density at radius 2 is 1.97 bits per heavy atom. The molecule has 11 heteroatoms. The molecule has 2 aromatic heterocycles. The van der Waals surface area contributed by atoms with Crippen LogP contribution in [-0.2, 0) is 6.18 Å². The van der Waals surface area contributed by atoms with Crippen molar-refractivity contribution in [3.05, 3.63) is 65.4 Å². The number of nitrogen functional groups attached to an aromatic ring is 1. The third kappa shape index (κ3) is 3.01. The van der Waals surface area contributed by atoms with Crippen LogP contribution in [-0.4, -0.2) is 37.8 Å². The molecular formula is C25H19F4N5O2. The zero-order valence-electron chi connectivity index (χ0n) is 18.7. The van der Waals surface area contributed by atoms with E-state index in [1.807, 2.05) is 0 Å². The van der Waals surface area contributed by atoms with Crippen LogP contribution in [0.4, 0.5) is 23.4 Å². The van der Waals surface area contributed by atoms with Crippen LogP contribution in [0.15, 0.2) is 42.9 Å². The predicted molar refractivity (Wildman–Crippen MR) is 121 cm³/mol. The number of nitrogens with zero attached hydrogens (tertiary/aromatic N) is 4. The zero-order valence-corrected chi connectivity index (χ0v) is 18.7. The number of piperidine rings is 1. The minimum atomic E-state index is -4.51. The molecule has 4 heterocycles. The number of hydrogen-bond acceptors (Lipinski definition) is 5. The first kappa shape index (κ1) is 21.4. The van der Waals surface area contributed by atoms with Crippen molar-refractivity contribution in [3.8, 4) is 5.75 Å². The molecule has 1 amide bonds. The number of likely N-dealkylation sites (tertiary alicyclic amines) is 1. The van der Waals surface area contributed by atoms with Crippen molar-refractivity contribution in [1.82, 2.24) is 19.3 Å². The number of imidazole rings is 1. The molecule has 0 radical (unpaired) electrons. The second-order valence-corrected chi connectivity index (χ2v) is 9.96. The van der Waals surface area contributed by atoms with Gasteiger partial charge >= 0.3 is 6.18 Å². The van der Waals surface area contributed by atoms with Crippen molar-refractivity contribution in [2.24, 2.45) is 5.41 Å². The molecule has 2 fully saturated rings. The fraction of sp³-hybridized carbons (Fsp3) is 0.320. The van der Waals surface area contributed by atoms with E-state index in [1.54, 1.807) is 9.30 Å². The first-order valence-electron chi connectivity index (χ1n) is 11.5. The molecule has 0 bridgehead atoms. The average Bonchev–Trinajstić information content (AvgIpc) is 3.23. The maximum Gasteiger partial charge on any atom is 0.416 e. The van der Waals surface area contributed by atoms with Crippen LogP contribution in [0.3, 0.4) is 0 Å². The van der Waals surface area contributed by atoms with Crippen LogP contribution in [0.1, 0.15) is 46.8 Å². The summed E-state index contributed by atoms with van der Waals surface area (Å²) in [6.45, 7) is 0.384. The number of alkyl halides is 3. The highest BCUT2D eigenvalue weighted by atomic mass is 19.4. The molecule has 0 unspecified atom stereocenters. The van der Waals surface area contributed by atoms with Gasteiger partial charge in [-0.25, -0.2) is 14.4 Å². The van der Waals surface area contributed by atoms with Gasteiger partial charge in [0.25, 0.3) is 5.91 Å². The molecule has 1 spiro atoms. The molecule has 2 atom stereocenters. The number of aromatic nitrogens is 3. The Kier molecular flexibility index (Phi) is 4.08. The van der Waals surface area contributed by atoms with E-state index in [9.17, 15) is 18.0 Å². The number of carbonyl (C=O) groups is 1. The molecule has 3 aliphatic rings. The van der Waals surface area contributed by atoms with E-state index in [0.717, 1.165) is 25.0 Å². The van der Waals surface area contributed by atoms with E-state index in [0.29, 0.717) is 29.6 Å². The maximum absolute atomic E-state index is 15.3. The Bertz CT molecular complexity index is 1590. The molecule has 2 aromatic carbocycles. The van der Waals surface area contributed by atoms with Gasteiger partial charge in [0, 0.05) is 18.2 Å². The van der Waals surface area contributed by atoms with Crippen LogP contribution in [0, 0.1) is 11.2 Å². The van der Waals surface area contributed by atoms with Gasteiger partial charge in [-0.1, -0.05) is 6.07 Å². The SMILES string of the molecule is Nc1nc2cc(F)c(C(=O)N3CC4(CC4)C[C@@H]4Oc5cc(C(F)(F)F)ccc5[C@@H]43)cc2n2cncc12. The summed E-state index contributed by atoms with van der Waals surface area (Å²) >= 11 is 0. The van der Waals surface area contributed by atoms with Gasteiger partial charge in [0.05, 0.1) is 40.7 Å². The lowest BCUT2D eigenvalue weighted by molar-refractivity contribution is -0.137. The number of hydrogen-bond donors (Lipinski definition) is 1. The van der Waals surface area contributed by atoms with Crippen molar-refractivity contribution in [2.75, 3.05) is 12.3 Å². The summed E-state index contributed by atoms with van der Waals surface area (Å²) in [6, 6.07) is 5.35. The Labute approximate surface area is 201 Å². The first-order valence-corrected chi connectivity index (χ1v) is 11.5. The largest absolute Gasteiger partial charge is 0.488 e. The fourth-order valence-corrected chi connectivity index (χ4v) is 5.71. The summed E-state index contributed by atoms with van der Waals surface area (Å²) in [4.78, 5) is 23.8. The van der Waals surface area contributed by atoms with E-state index < -0.39 is 35.6 Å². The molecule has 7 rings (SSSR count). The highest BCUT2D eigenvalue weighted by Crippen LogP contribution is 2.59. The summed E-state index contributed by atoms with van der Waals surface area (Å²) in [6.07, 6.45) is 0.436. The first-order chi connectivity index (χ1) is 17.1. The summed E-state index contributed by atoms with van der Waals surface area (Å²) in [5, 5.41) is 0. The van der Waals surface area contributed by atoms with E-state index in [4.69, 9.17) is 10.5 Å². The number of amides is 1. The van der Waals surface area contributed by atoms with Gasteiger partial charge < -0.3 is 15.4 Å². The van der Waals surface area contributed by atoms with Gasteiger partial charge in [-0.05, 0) is 42.9 Å². The number of nitrogens with two attached hydrogens (primary N) is 1. The number of benzene rings is 2. The quantitative estimate of drug-likeness (QED) is 0.384. The topological polar surface area (TPSA) is 85.8 Å². The molecule has 1 saturated heterocycles. The monoisotopic (exact) mass is 497 g/mol. The van der Waals surface area contributed by atoms with Crippen LogP contribution < -0.4 is 10.5 Å². The highest BCUT2D eigenvalue weighted by Gasteiger charge is 2.57. The average molecular weight is 497 g/mol. The number of carbonyl (C=O) groups excluding carboxylic acids is 1. The lowest BCUT2D eigenvalue weighted by atomic mass is 9.85. The highest BCUT2D eigenvalue weighted by molar-refractivity contribution is 5.99. The number of fused-ring (bicyclic) bond motifs is 6. The third-order valence-electron chi connectivity index (χ3n) is 7.68. The molecule has 2 N–H and O–H groups in total. The van der Waals surface area contributed by atoms with Crippen LogP contribution in [0.5, 0.6) is 5.75 Å².